The molecule has 0 bridgehead atoms. The molecule has 0 amide bonds. The minimum atomic E-state index is -0.817. The number of ketones is 2. The minimum absolute atomic E-state index is 0.0193. The van der Waals surface area contributed by atoms with Crippen LogP contribution < -0.4 is 5.73 Å². The van der Waals surface area contributed by atoms with E-state index in [1.807, 2.05) is 0 Å². The van der Waals surface area contributed by atoms with Crippen molar-refractivity contribution in [2.75, 3.05) is 12.3 Å². The number of anilines is 1. The second-order valence-electron chi connectivity index (χ2n) is 5.53. The number of aromatic nitrogens is 1. The van der Waals surface area contributed by atoms with Crippen LogP contribution in [0.15, 0.2) is 12.1 Å². The molecule has 0 unspecified atom stereocenters. The summed E-state index contributed by atoms with van der Waals surface area (Å²) >= 11 is 11.7. The lowest BCUT2D eigenvalue weighted by Gasteiger charge is -2.08. The molecule has 0 saturated carbocycles. The molecule has 2 aromatic rings. The number of nitrogens with two attached hydrogens (primary N) is 1. The van der Waals surface area contributed by atoms with Crippen molar-refractivity contribution in [3.05, 3.63) is 50.3 Å². The van der Waals surface area contributed by atoms with Gasteiger partial charge in [-0.3, -0.25) is 9.59 Å². The van der Waals surface area contributed by atoms with Crippen molar-refractivity contribution < 1.29 is 19.1 Å². The summed E-state index contributed by atoms with van der Waals surface area (Å²) in [6.45, 7) is 4.26. The molecule has 0 fully saturated rings. The van der Waals surface area contributed by atoms with Crippen LogP contribution in [0.5, 0.6) is 0 Å². The molecule has 132 valence electrons. The number of benzene rings is 1. The fourth-order valence-corrected chi connectivity index (χ4v) is 3.09. The van der Waals surface area contributed by atoms with Gasteiger partial charge in [0.05, 0.1) is 22.0 Å². The Balaban J connectivity index is 2.17. The number of rotatable bonds is 5. The Kier molecular flexibility index (Phi) is 5.55. The highest BCUT2D eigenvalue weighted by atomic mass is 35.5. The lowest BCUT2D eigenvalue weighted by atomic mass is 10.1. The lowest BCUT2D eigenvalue weighted by Crippen LogP contribution is -2.16. The summed E-state index contributed by atoms with van der Waals surface area (Å²) in [6.07, 6.45) is 0. The van der Waals surface area contributed by atoms with Crippen molar-refractivity contribution in [2.24, 2.45) is 0 Å². The van der Waals surface area contributed by atoms with Crippen LogP contribution in [0.4, 0.5) is 5.69 Å². The number of nitrogens with one attached hydrogen (secondary N) is 1. The first-order valence-electron chi connectivity index (χ1n) is 7.28. The van der Waals surface area contributed by atoms with Gasteiger partial charge in [-0.25, -0.2) is 4.79 Å². The van der Waals surface area contributed by atoms with Gasteiger partial charge in [0, 0.05) is 16.3 Å². The summed E-state index contributed by atoms with van der Waals surface area (Å²) in [5.74, 6) is -1.43. The van der Waals surface area contributed by atoms with Crippen molar-refractivity contribution in [1.82, 2.24) is 4.98 Å². The van der Waals surface area contributed by atoms with Crippen molar-refractivity contribution in [2.45, 2.75) is 20.8 Å². The molecule has 0 saturated heterocycles. The van der Waals surface area contributed by atoms with Crippen molar-refractivity contribution >= 4 is 46.4 Å². The largest absolute Gasteiger partial charge is 0.454 e. The standard InChI is InChI=1S/C17H16Cl2N2O4/c1-7-14(9(3)22)8(2)21-16(7)13(23)6-25-17(24)11-4-10(18)5-12(19)15(11)20/h4-5,21H,6,20H2,1-3H3. The number of carbonyl (C=O) groups is 3. The Hall–Kier alpha value is -2.31. The highest BCUT2D eigenvalue weighted by molar-refractivity contribution is 6.37. The van der Waals surface area contributed by atoms with E-state index in [1.165, 1.54) is 19.1 Å². The fourth-order valence-electron chi connectivity index (χ4n) is 2.59. The Morgan fingerprint density at radius 2 is 1.84 bits per heavy atom. The lowest BCUT2D eigenvalue weighted by molar-refractivity contribution is 0.0474. The third kappa shape index (κ3) is 3.86. The van der Waals surface area contributed by atoms with E-state index in [2.05, 4.69) is 4.98 Å². The highest BCUT2D eigenvalue weighted by Crippen LogP contribution is 2.28. The molecular formula is C17H16Cl2N2O4. The number of halogens is 2. The molecule has 0 aliphatic rings. The predicted octanol–water partition coefficient (Wildman–Crippen LogP) is 3.76. The zero-order valence-electron chi connectivity index (χ0n) is 13.8. The molecule has 8 heteroatoms. The summed E-state index contributed by atoms with van der Waals surface area (Å²) in [5.41, 5.74) is 7.53. The Morgan fingerprint density at radius 1 is 1.20 bits per heavy atom. The van der Waals surface area contributed by atoms with Gasteiger partial charge in [0.2, 0.25) is 5.78 Å². The molecule has 0 spiro atoms. The second-order valence-corrected chi connectivity index (χ2v) is 6.37. The van der Waals surface area contributed by atoms with Crippen molar-refractivity contribution in [3.63, 3.8) is 0 Å². The first-order valence-corrected chi connectivity index (χ1v) is 8.04. The smallest absolute Gasteiger partial charge is 0.340 e. The van der Waals surface area contributed by atoms with Crippen LogP contribution in [-0.2, 0) is 4.74 Å². The van der Waals surface area contributed by atoms with E-state index in [1.54, 1.807) is 13.8 Å². The van der Waals surface area contributed by atoms with E-state index in [0.29, 0.717) is 16.8 Å². The Morgan fingerprint density at radius 3 is 2.40 bits per heavy atom. The van der Waals surface area contributed by atoms with Crippen LogP contribution in [-0.4, -0.2) is 29.1 Å². The van der Waals surface area contributed by atoms with Gasteiger partial charge in [0.25, 0.3) is 0 Å². The number of carbonyl (C=O) groups excluding carboxylic acids is 3. The van der Waals surface area contributed by atoms with Gasteiger partial charge in [0.15, 0.2) is 12.4 Å². The molecule has 25 heavy (non-hydrogen) atoms. The molecule has 0 atom stereocenters. The maximum Gasteiger partial charge on any atom is 0.340 e. The molecule has 6 nitrogen and oxygen atoms in total. The molecule has 1 aromatic carbocycles. The van der Waals surface area contributed by atoms with Crippen LogP contribution in [0.2, 0.25) is 10.0 Å². The zero-order valence-corrected chi connectivity index (χ0v) is 15.3. The molecule has 0 aliphatic carbocycles. The maximum atomic E-state index is 12.3. The highest BCUT2D eigenvalue weighted by Gasteiger charge is 2.22. The second kappa shape index (κ2) is 7.29. The van der Waals surface area contributed by atoms with Gasteiger partial charge in [-0.2, -0.15) is 0 Å². The molecule has 1 aromatic heterocycles. The molecular weight excluding hydrogens is 367 g/mol. The van der Waals surface area contributed by atoms with E-state index in [4.69, 9.17) is 33.7 Å². The van der Waals surface area contributed by atoms with E-state index in [9.17, 15) is 14.4 Å². The summed E-state index contributed by atoms with van der Waals surface area (Å²) < 4.78 is 5.01. The number of aromatic amines is 1. The molecule has 2 rings (SSSR count). The first kappa shape index (κ1) is 19.0. The number of hydrogen-bond donors (Lipinski definition) is 2. The maximum absolute atomic E-state index is 12.3. The van der Waals surface area contributed by atoms with Gasteiger partial charge in [-0.1, -0.05) is 23.2 Å². The first-order chi connectivity index (χ1) is 11.6. The van der Waals surface area contributed by atoms with Crippen molar-refractivity contribution in [3.8, 4) is 0 Å². The van der Waals surface area contributed by atoms with Crippen LogP contribution in [0, 0.1) is 13.8 Å². The number of H-pyrrole nitrogens is 1. The SMILES string of the molecule is CC(=O)c1c(C)[nH]c(C(=O)COC(=O)c2cc(Cl)cc(Cl)c2N)c1C. The monoisotopic (exact) mass is 382 g/mol. The van der Waals surface area contributed by atoms with E-state index in [-0.39, 0.29) is 32.8 Å². The third-order valence-corrected chi connectivity index (χ3v) is 4.25. The van der Waals surface area contributed by atoms with E-state index < -0.39 is 18.4 Å². The topological polar surface area (TPSA) is 102 Å². The van der Waals surface area contributed by atoms with Crippen LogP contribution in [0.1, 0.15) is 49.4 Å². The summed E-state index contributed by atoms with van der Waals surface area (Å²) in [7, 11) is 0. The molecule has 0 aliphatic heterocycles. The van der Waals surface area contributed by atoms with Crippen LogP contribution in [0.3, 0.4) is 0 Å². The summed E-state index contributed by atoms with van der Waals surface area (Å²) in [6, 6.07) is 2.71. The van der Waals surface area contributed by atoms with Crippen LogP contribution in [0.25, 0.3) is 0 Å². The zero-order chi connectivity index (χ0) is 18.9. The van der Waals surface area contributed by atoms with Gasteiger partial charge < -0.3 is 15.5 Å². The molecule has 1 heterocycles. The number of aryl methyl sites for hydroxylation is 1. The molecule has 0 radical (unpaired) electrons. The van der Waals surface area contributed by atoms with Gasteiger partial charge >= 0.3 is 5.97 Å². The number of Topliss-reactive ketones (excluding diaryl/α,β-unsaturated/α-hetero) is 2. The predicted molar refractivity (Wildman–Crippen MR) is 95.8 cm³/mol. The average Bonchev–Trinajstić information content (AvgIpc) is 2.82. The summed E-state index contributed by atoms with van der Waals surface area (Å²) in [4.78, 5) is 38.9. The van der Waals surface area contributed by atoms with Crippen molar-refractivity contribution in [1.29, 1.82) is 0 Å². The van der Waals surface area contributed by atoms with Gasteiger partial charge in [-0.15, -0.1) is 0 Å². The molecule has 3 N–H and O–H groups in total. The number of hydrogen-bond acceptors (Lipinski definition) is 5. The third-order valence-electron chi connectivity index (χ3n) is 3.72. The van der Waals surface area contributed by atoms with E-state index >= 15 is 0 Å². The summed E-state index contributed by atoms with van der Waals surface area (Å²) in [5, 5.41) is 0.340. The Bertz CT molecular complexity index is 887. The normalized spacial score (nSPS) is 10.6. The number of ether oxygens (including phenoxy) is 1. The van der Waals surface area contributed by atoms with Gasteiger partial charge in [-0.05, 0) is 38.5 Å². The minimum Gasteiger partial charge on any atom is -0.454 e. The quantitative estimate of drug-likeness (QED) is 0.465. The van der Waals surface area contributed by atoms with E-state index in [0.717, 1.165) is 0 Å². The number of esters is 1. The number of nitrogen functional groups attached to an aromatic ring is 1. The average molecular weight is 383 g/mol. The Labute approximate surface area is 154 Å². The fraction of sp³-hybridized carbons (Fsp3) is 0.235. The van der Waals surface area contributed by atoms with Gasteiger partial charge in [0.1, 0.15) is 0 Å². The van der Waals surface area contributed by atoms with Crippen LogP contribution >= 0.6 is 23.2 Å².